The fourth-order valence-electron chi connectivity index (χ4n) is 2.85. The Bertz CT molecular complexity index is 1060. The number of benzene rings is 2. The third kappa shape index (κ3) is 8.11. The minimum Gasteiger partial charge on any atom is -0.493 e. The second-order valence-corrected chi connectivity index (χ2v) is 8.99. The van der Waals surface area contributed by atoms with Crippen LogP contribution in [0, 0.1) is 0 Å². The molecule has 0 aliphatic rings. The number of nitrogens with one attached hydrogen (secondary N) is 1. The van der Waals surface area contributed by atoms with Crippen LogP contribution in [0.1, 0.15) is 23.7 Å². The quantitative estimate of drug-likeness (QED) is 0.303. The summed E-state index contributed by atoms with van der Waals surface area (Å²) >= 11 is 2.75. The van der Waals surface area contributed by atoms with Crippen molar-refractivity contribution in [3.63, 3.8) is 0 Å². The summed E-state index contributed by atoms with van der Waals surface area (Å²) in [4.78, 5) is 28.2. The van der Waals surface area contributed by atoms with Crippen LogP contribution in [0.5, 0.6) is 11.5 Å². The van der Waals surface area contributed by atoms with Crippen molar-refractivity contribution in [1.82, 2.24) is 10.3 Å². The van der Waals surface area contributed by atoms with E-state index < -0.39 is 0 Å². The van der Waals surface area contributed by atoms with Crippen LogP contribution in [-0.2, 0) is 33.9 Å². The van der Waals surface area contributed by atoms with Crippen LogP contribution in [0.2, 0.25) is 0 Å². The van der Waals surface area contributed by atoms with Gasteiger partial charge in [0, 0.05) is 11.9 Å². The first-order valence-corrected chi connectivity index (χ1v) is 12.3. The molecule has 9 heteroatoms. The molecule has 0 aliphatic heterocycles. The summed E-state index contributed by atoms with van der Waals surface area (Å²) in [5, 5.41) is 4.71. The average Bonchev–Trinajstić information content (AvgIpc) is 3.28. The number of rotatable bonds is 12. The smallest absolute Gasteiger partial charge is 0.311 e. The van der Waals surface area contributed by atoms with E-state index in [2.05, 4.69) is 10.3 Å². The summed E-state index contributed by atoms with van der Waals surface area (Å²) < 4.78 is 17.0. The maximum Gasteiger partial charge on any atom is 0.311 e. The van der Waals surface area contributed by atoms with Gasteiger partial charge < -0.3 is 19.5 Å². The highest BCUT2D eigenvalue weighted by Gasteiger charge is 2.11. The number of hydrogen-bond acceptors (Lipinski definition) is 8. The van der Waals surface area contributed by atoms with Gasteiger partial charge in [-0.05, 0) is 30.2 Å². The largest absolute Gasteiger partial charge is 0.493 e. The number of ether oxygens (including phenoxy) is 3. The molecule has 1 N–H and O–H groups in total. The summed E-state index contributed by atoms with van der Waals surface area (Å²) in [5.74, 6) is 1.09. The van der Waals surface area contributed by atoms with E-state index in [1.165, 1.54) is 23.1 Å². The Labute approximate surface area is 201 Å². The minimum atomic E-state index is -0.302. The number of aromatic nitrogens is 1. The normalized spacial score (nSPS) is 10.5. The molecule has 0 spiro atoms. The molecule has 1 heterocycles. The Balaban J connectivity index is 1.45. The fraction of sp³-hybridized carbons (Fsp3) is 0.292. The monoisotopic (exact) mass is 486 g/mol. The van der Waals surface area contributed by atoms with Crippen LogP contribution in [0.15, 0.2) is 58.3 Å². The molecule has 1 amide bonds. The molecule has 0 atom stereocenters. The fourth-order valence-corrected chi connectivity index (χ4v) is 4.53. The molecule has 1 aromatic heterocycles. The van der Waals surface area contributed by atoms with Gasteiger partial charge in [-0.3, -0.25) is 9.59 Å². The Morgan fingerprint density at radius 2 is 1.91 bits per heavy atom. The van der Waals surface area contributed by atoms with Gasteiger partial charge in [-0.1, -0.05) is 48.2 Å². The van der Waals surface area contributed by atoms with Crippen LogP contribution in [0.25, 0.3) is 0 Å². The summed E-state index contributed by atoms with van der Waals surface area (Å²) in [6, 6.07) is 15.5. The molecule has 0 aliphatic carbocycles. The van der Waals surface area contributed by atoms with Crippen molar-refractivity contribution >= 4 is 35.0 Å². The maximum absolute atomic E-state index is 12.3. The first kappa shape index (κ1) is 24.6. The molecule has 0 bridgehead atoms. The molecule has 0 fully saturated rings. The van der Waals surface area contributed by atoms with E-state index in [0.717, 1.165) is 15.5 Å². The highest BCUT2D eigenvalue weighted by atomic mass is 32.2. The second kappa shape index (κ2) is 12.9. The van der Waals surface area contributed by atoms with Crippen molar-refractivity contribution < 1.29 is 23.8 Å². The van der Waals surface area contributed by atoms with Crippen molar-refractivity contribution in [2.45, 2.75) is 30.8 Å². The summed E-state index contributed by atoms with van der Waals surface area (Å²) in [7, 11) is 1.59. The Kier molecular flexibility index (Phi) is 9.59. The third-order valence-corrected chi connectivity index (χ3v) is 6.51. The zero-order chi connectivity index (χ0) is 23.5. The first-order chi connectivity index (χ1) is 16.1. The number of methoxy groups -OCH3 is 1. The standard InChI is InChI=1S/C24H26N2O5S2/c1-3-30-23(28)12-19-15-32-24(26-19)33-16-22(27)25-13-18-9-10-20(21(11-18)29-2)31-14-17-7-5-4-6-8-17/h4-11,15H,3,12-14,16H2,1-2H3,(H,25,27). The Morgan fingerprint density at radius 3 is 2.67 bits per heavy atom. The number of thioether (sulfide) groups is 1. The molecule has 0 unspecified atom stereocenters. The summed E-state index contributed by atoms with van der Waals surface area (Å²) in [5.41, 5.74) is 2.63. The van der Waals surface area contributed by atoms with Crippen LogP contribution in [0.3, 0.4) is 0 Å². The van der Waals surface area contributed by atoms with Gasteiger partial charge in [-0.15, -0.1) is 11.3 Å². The zero-order valence-electron chi connectivity index (χ0n) is 18.5. The highest BCUT2D eigenvalue weighted by molar-refractivity contribution is 8.01. The number of carbonyl (C=O) groups excluding carboxylic acids is 2. The number of thiazole rings is 1. The van der Waals surface area contributed by atoms with E-state index in [1.54, 1.807) is 14.0 Å². The molecular weight excluding hydrogens is 460 g/mol. The summed E-state index contributed by atoms with van der Waals surface area (Å²) in [6.45, 7) is 2.94. The lowest BCUT2D eigenvalue weighted by Gasteiger charge is -2.13. The van der Waals surface area contributed by atoms with Crippen molar-refractivity contribution in [2.24, 2.45) is 0 Å². The lowest BCUT2D eigenvalue weighted by Crippen LogP contribution is -2.24. The number of esters is 1. The number of amides is 1. The topological polar surface area (TPSA) is 86.8 Å². The van der Waals surface area contributed by atoms with Crippen LogP contribution >= 0.6 is 23.1 Å². The van der Waals surface area contributed by atoms with Gasteiger partial charge in [0.1, 0.15) is 6.61 Å². The van der Waals surface area contributed by atoms with Crippen molar-refractivity contribution in [2.75, 3.05) is 19.5 Å². The molecule has 3 rings (SSSR count). The van der Waals surface area contributed by atoms with Crippen molar-refractivity contribution in [1.29, 1.82) is 0 Å². The van der Waals surface area contributed by atoms with E-state index in [1.807, 2.05) is 53.9 Å². The minimum absolute atomic E-state index is 0.106. The van der Waals surface area contributed by atoms with Crippen molar-refractivity contribution in [3.8, 4) is 11.5 Å². The molecule has 3 aromatic rings. The van der Waals surface area contributed by atoms with Crippen LogP contribution < -0.4 is 14.8 Å². The molecule has 174 valence electrons. The van der Waals surface area contributed by atoms with Gasteiger partial charge in [-0.2, -0.15) is 0 Å². The summed E-state index contributed by atoms with van der Waals surface area (Å²) in [6.07, 6.45) is 0.143. The van der Waals surface area contributed by atoms with Crippen LogP contribution in [-0.4, -0.2) is 36.3 Å². The second-order valence-electron chi connectivity index (χ2n) is 6.91. The highest BCUT2D eigenvalue weighted by Crippen LogP contribution is 2.29. The molecule has 33 heavy (non-hydrogen) atoms. The van der Waals surface area contributed by atoms with Gasteiger partial charge in [0.2, 0.25) is 5.91 Å². The SMILES string of the molecule is CCOC(=O)Cc1csc(SCC(=O)NCc2ccc(OCc3ccccc3)c(OC)c2)n1. The van der Waals surface area contributed by atoms with Crippen molar-refractivity contribution in [3.05, 3.63) is 70.7 Å². The van der Waals surface area contributed by atoms with Gasteiger partial charge in [0.15, 0.2) is 15.8 Å². The molecule has 7 nitrogen and oxygen atoms in total. The molecule has 2 aromatic carbocycles. The number of carbonyl (C=O) groups is 2. The van der Waals surface area contributed by atoms with E-state index in [9.17, 15) is 9.59 Å². The van der Waals surface area contributed by atoms with E-state index in [-0.39, 0.29) is 24.1 Å². The Morgan fingerprint density at radius 1 is 1.09 bits per heavy atom. The van der Waals surface area contributed by atoms with E-state index in [0.29, 0.717) is 37.0 Å². The molecule has 0 saturated heterocycles. The predicted octanol–water partition coefficient (Wildman–Crippen LogP) is 4.24. The lowest BCUT2D eigenvalue weighted by atomic mass is 10.2. The van der Waals surface area contributed by atoms with E-state index >= 15 is 0 Å². The van der Waals surface area contributed by atoms with E-state index in [4.69, 9.17) is 14.2 Å². The average molecular weight is 487 g/mol. The number of hydrogen-bond donors (Lipinski definition) is 1. The van der Waals surface area contributed by atoms with Gasteiger partial charge in [0.25, 0.3) is 0 Å². The molecule has 0 saturated carbocycles. The van der Waals surface area contributed by atoms with Crippen LogP contribution in [0.4, 0.5) is 0 Å². The predicted molar refractivity (Wildman–Crippen MR) is 129 cm³/mol. The number of nitrogens with zero attached hydrogens (tertiary/aromatic N) is 1. The first-order valence-electron chi connectivity index (χ1n) is 10.4. The lowest BCUT2D eigenvalue weighted by molar-refractivity contribution is -0.142. The zero-order valence-corrected chi connectivity index (χ0v) is 20.2. The van der Waals surface area contributed by atoms with Gasteiger partial charge in [-0.25, -0.2) is 4.98 Å². The molecule has 0 radical (unpaired) electrons. The van der Waals surface area contributed by atoms with Gasteiger partial charge >= 0.3 is 5.97 Å². The van der Waals surface area contributed by atoms with Gasteiger partial charge in [0.05, 0.1) is 31.6 Å². The molecular formula is C24H26N2O5S2. The third-order valence-electron chi connectivity index (χ3n) is 4.44. The Hall–Kier alpha value is -3.04. The maximum atomic E-state index is 12.3.